The van der Waals surface area contributed by atoms with Crippen LogP contribution in [0.15, 0.2) is 37.3 Å². The van der Waals surface area contributed by atoms with Crippen LogP contribution in [0.3, 0.4) is 0 Å². The molecule has 0 atom stereocenters. The molecule has 7 nitrogen and oxygen atoms in total. The van der Waals surface area contributed by atoms with Crippen molar-refractivity contribution in [2.24, 2.45) is 0 Å². The van der Waals surface area contributed by atoms with Crippen LogP contribution in [0.25, 0.3) is 16.9 Å². The second-order valence-electron chi connectivity index (χ2n) is 3.73. The van der Waals surface area contributed by atoms with Gasteiger partial charge in [-0.1, -0.05) is 5.21 Å². The van der Waals surface area contributed by atoms with Crippen LogP contribution in [0, 0.1) is 0 Å². The van der Waals surface area contributed by atoms with Gasteiger partial charge in [0, 0.05) is 18.3 Å². The van der Waals surface area contributed by atoms with Crippen molar-refractivity contribution in [1.82, 2.24) is 34.7 Å². The molecule has 3 rings (SSSR count). The largest absolute Gasteiger partial charge is 0.262 e. The van der Waals surface area contributed by atoms with Gasteiger partial charge in [-0.05, 0) is 13.0 Å². The van der Waals surface area contributed by atoms with Crippen molar-refractivity contribution < 1.29 is 0 Å². The van der Waals surface area contributed by atoms with E-state index in [1.807, 2.05) is 19.2 Å². The van der Waals surface area contributed by atoms with E-state index in [4.69, 9.17) is 0 Å². The van der Waals surface area contributed by atoms with E-state index in [1.165, 1.54) is 6.33 Å². The Hall–Kier alpha value is -2.57. The molecule has 0 aliphatic rings. The molecule has 0 unspecified atom stereocenters. The van der Waals surface area contributed by atoms with E-state index in [1.54, 1.807) is 28.1 Å². The summed E-state index contributed by atoms with van der Waals surface area (Å²) >= 11 is 0. The smallest absolute Gasteiger partial charge is 0.138 e. The summed E-state index contributed by atoms with van der Waals surface area (Å²) in [5.41, 5.74) is 2.55. The second-order valence-corrected chi connectivity index (χ2v) is 3.73. The molecule has 7 heteroatoms. The zero-order chi connectivity index (χ0) is 12.4. The highest BCUT2D eigenvalue weighted by molar-refractivity contribution is 5.59. The lowest BCUT2D eigenvalue weighted by Crippen LogP contribution is -1.95. The zero-order valence-corrected chi connectivity index (χ0v) is 9.80. The number of rotatable bonds is 3. The Morgan fingerprint density at radius 2 is 2.17 bits per heavy atom. The van der Waals surface area contributed by atoms with Gasteiger partial charge < -0.3 is 0 Å². The lowest BCUT2D eigenvalue weighted by Gasteiger charge is -2.01. The average Bonchev–Trinajstić information content (AvgIpc) is 3.10. The molecule has 0 amide bonds. The first-order valence-corrected chi connectivity index (χ1v) is 5.57. The quantitative estimate of drug-likeness (QED) is 0.682. The molecule has 0 aliphatic heterocycles. The molecule has 18 heavy (non-hydrogen) atoms. The summed E-state index contributed by atoms with van der Waals surface area (Å²) in [6.45, 7) is 2.81. The van der Waals surface area contributed by atoms with Gasteiger partial charge >= 0.3 is 0 Å². The topological polar surface area (TPSA) is 74.3 Å². The molecular weight excluding hydrogens is 230 g/mol. The third-order valence-corrected chi connectivity index (χ3v) is 2.57. The summed E-state index contributed by atoms with van der Waals surface area (Å²) in [6, 6.07) is 1.95. The van der Waals surface area contributed by atoms with Crippen LogP contribution in [-0.2, 0) is 6.54 Å². The average molecular weight is 241 g/mol. The normalized spacial score (nSPS) is 10.7. The second kappa shape index (κ2) is 4.36. The Morgan fingerprint density at radius 3 is 2.89 bits per heavy atom. The van der Waals surface area contributed by atoms with Crippen LogP contribution in [0.1, 0.15) is 6.92 Å². The van der Waals surface area contributed by atoms with Gasteiger partial charge in [0.1, 0.15) is 18.3 Å². The molecule has 90 valence electrons. The summed E-state index contributed by atoms with van der Waals surface area (Å²) in [5, 5.41) is 12.2. The monoisotopic (exact) mass is 241 g/mol. The van der Waals surface area contributed by atoms with E-state index < -0.39 is 0 Å². The van der Waals surface area contributed by atoms with E-state index in [2.05, 4.69) is 25.4 Å². The van der Waals surface area contributed by atoms with E-state index >= 15 is 0 Å². The first kappa shape index (κ1) is 10.6. The van der Waals surface area contributed by atoms with Gasteiger partial charge in [-0.25, -0.2) is 9.67 Å². The molecule has 0 aliphatic carbocycles. The van der Waals surface area contributed by atoms with Crippen LogP contribution in [0.4, 0.5) is 0 Å². The molecule has 3 heterocycles. The maximum atomic E-state index is 4.19. The molecule has 0 spiro atoms. The molecule has 0 bridgehead atoms. The highest BCUT2D eigenvalue weighted by Gasteiger charge is 2.06. The fraction of sp³-hybridized carbons (Fsp3) is 0.182. The summed E-state index contributed by atoms with van der Waals surface area (Å²) < 4.78 is 3.43. The minimum absolute atomic E-state index is 0.795. The van der Waals surface area contributed by atoms with Crippen molar-refractivity contribution in [1.29, 1.82) is 0 Å². The molecule has 0 saturated heterocycles. The van der Waals surface area contributed by atoms with Crippen LogP contribution in [0.5, 0.6) is 0 Å². The van der Waals surface area contributed by atoms with Gasteiger partial charge in [-0.2, -0.15) is 5.10 Å². The molecule has 0 aromatic carbocycles. The maximum absolute atomic E-state index is 4.19. The number of aryl methyl sites for hydroxylation is 1. The highest BCUT2D eigenvalue weighted by atomic mass is 15.4. The van der Waals surface area contributed by atoms with Gasteiger partial charge in [0.15, 0.2) is 0 Å². The van der Waals surface area contributed by atoms with Gasteiger partial charge in [-0.3, -0.25) is 9.67 Å². The maximum Gasteiger partial charge on any atom is 0.138 e. The van der Waals surface area contributed by atoms with Crippen LogP contribution in [-0.4, -0.2) is 34.7 Å². The summed E-state index contributed by atoms with van der Waals surface area (Å²) in [4.78, 5) is 8.10. The van der Waals surface area contributed by atoms with Gasteiger partial charge in [-0.15, -0.1) is 5.10 Å². The van der Waals surface area contributed by atoms with Crippen molar-refractivity contribution in [3.63, 3.8) is 0 Å². The molecule has 0 N–H and O–H groups in total. The third-order valence-electron chi connectivity index (χ3n) is 2.57. The third kappa shape index (κ3) is 1.86. The highest BCUT2D eigenvalue weighted by Crippen LogP contribution is 2.17. The summed E-state index contributed by atoms with van der Waals surface area (Å²) in [7, 11) is 0. The lowest BCUT2D eigenvalue weighted by molar-refractivity contribution is 0.627. The molecule has 0 radical (unpaired) electrons. The Kier molecular flexibility index (Phi) is 2.56. The predicted molar refractivity (Wildman–Crippen MR) is 63.8 cm³/mol. The standard InChI is InChI=1S/C11H11N7/c1-2-17-6-11(15-16-17)9-3-10(5-12-4-9)18-8-13-7-14-18/h3-8H,2H2,1H3. The van der Waals surface area contributed by atoms with Crippen molar-refractivity contribution in [2.75, 3.05) is 0 Å². The van der Waals surface area contributed by atoms with E-state index in [-0.39, 0.29) is 0 Å². The summed E-state index contributed by atoms with van der Waals surface area (Å²) in [5.74, 6) is 0. The van der Waals surface area contributed by atoms with Crippen molar-refractivity contribution >= 4 is 0 Å². The Labute approximate surface area is 103 Å². The Bertz CT molecular complexity index is 641. The number of nitrogens with zero attached hydrogens (tertiary/aromatic N) is 7. The molecule has 3 aromatic heterocycles. The predicted octanol–water partition coefficient (Wildman–Crippen LogP) is 0.941. The van der Waals surface area contributed by atoms with Crippen LogP contribution >= 0.6 is 0 Å². The first-order valence-electron chi connectivity index (χ1n) is 5.57. The fourth-order valence-electron chi connectivity index (χ4n) is 1.62. The minimum atomic E-state index is 0.795. The Morgan fingerprint density at radius 1 is 1.22 bits per heavy atom. The SMILES string of the molecule is CCn1cc(-c2cncc(-n3cncn3)c2)nn1. The van der Waals surface area contributed by atoms with Crippen molar-refractivity contribution in [3.05, 3.63) is 37.3 Å². The van der Waals surface area contributed by atoms with E-state index in [9.17, 15) is 0 Å². The minimum Gasteiger partial charge on any atom is -0.262 e. The van der Waals surface area contributed by atoms with Gasteiger partial charge in [0.2, 0.25) is 0 Å². The fourth-order valence-corrected chi connectivity index (χ4v) is 1.62. The molecule has 0 fully saturated rings. The Balaban J connectivity index is 2.00. The van der Waals surface area contributed by atoms with Gasteiger partial charge in [0.05, 0.1) is 18.1 Å². The van der Waals surface area contributed by atoms with Crippen molar-refractivity contribution in [3.8, 4) is 16.9 Å². The first-order chi connectivity index (χ1) is 8.86. The number of hydrogen-bond acceptors (Lipinski definition) is 5. The molecular formula is C11H11N7. The van der Waals surface area contributed by atoms with E-state index in [0.717, 1.165) is 23.5 Å². The van der Waals surface area contributed by atoms with E-state index in [0.29, 0.717) is 0 Å². The summed E-state index contributed by atoms with van der Waals surface area (Å²) in [6.07, 6.45) is 8.48. The zero-order valence-electron chi connectivity index (χ0n) is 9.80. The molecule has 0 saturated carbocycles. The number of pyridine rings is 1. The van der Waals surface area contributed by atoms with Crippen LogP contribution < -0.4 is 0 Å². The van der Waals surface area contributed by atoms with Gasteiger partial charge in [0.25, 0.3) is 0 Å². The number of hydrogen-bond donors (Lipinski definition) is 0. The molecule has 3 aromatic rings. The van der Waals surface area contributed by atoms with Crippen molar-refractivity contribution in [2.45, 2.75) is 13.5 Å². The lowest BCUT2D eigenvalue weighted by atomic mass is 10.2. The van der Waals surface area contributed by atoms with Crippen LogP contribution in [0.2, 0.25) is 0 Å². The number of aromatic nitrogens is 7.